The van der Waals surface area contributed by atoms with Gasteiger partial charge in [0, 0.05) is 6.08 Å². The summed E-state index contributed by atoms with van der Waals surface area (Å²) >= 11 is 0. The van der Waals surface area contributed by atoms with Gasteiger partial charge in [-0.25, -0.2) is 4.79 Å². The monoisotopic (exact) mass is 296 g/mol. The van der Waals surface area contributed by atoms with E-state index in [-0.39, 0.29) is 29.3 Å². The molecule has 21 heavy (non-hydrogen) atoms. The number of Topliss-reactive ketones (excluding diaryl/α,β-unsaturated/α-hetero) is 1. The van der Waals surface area contributed by atoms with Crippen LogP contribution in [0.5, 0.6) is 0 Å². The van der Waals surface area contributed by atoms with Crippen molar-refractivity contribution in [3.8, 4) is 0 Å². The Morgan fingerprint density at radius 1 is 1.00 bits per heavy atom. The lowest BCUT2D eigenvalue weighted by atomic mass is 9.94. The largest absolute Gasteiger partial charge is 0.486 e. The van der Waals surface area contributed by atoms with Crippen molar-refractivity contribution in [1.82, 2.24) is 0 Å². The molecule has 0 saturated carbocycles. The normalized spacial score (nSPS) is 17.4. The molecule has 0 atom stereocenters. The Hall–Kier alpha value is -1.78. The molecule has 0 aromatic carbocycles. The summed E-state index contributed by atoms with van der Waals surface area (Å²) in [5, 5.41) is 0. The molecule has 0 N–H and O–H groups in total. The number of allylic oxidation sites excluding steroid dienone is 2. The average molecular weight is 296 g/mol. The number of esters is 1. The third kappa shape index (κ3) is 4.92. The van der Waals surface area contributed by atoms with Crippen LogP contribution in [0.3, 0.4) is 0 Å². The molecule has 0 spiro atoms. The first-order chi connectivity index (χ1) is 9.51. The quantitative estimate of drug-likeness (QED) is 0.576. The van der Waals surface area contributed by atoms with E-state index in [1.165, 1.54) is 6.08 Å². The number of rotatable bonds is 5. The van der Waals surface area contributed by atoms with Crippen molar-refractivity contribution in [2.45, 2.75) is 66.3 Å². The maximum atomic E-state index is 12.1. The van der Waals surface area contributed by atoms with E-state index in [1.54, 1.807) is 20.8 Å². The molecule has 0 heterocycles. The summed E-state index contributed by atoms with van der Waals surface area (Å²) in [6, 6.07) is 0. The maximum Gasteiger partial charge on any atom is 0.332 e. The molecule has 1 aliphatic carbocycles. The predicted molar refractivity (Wildman–Crippen MR) is 78.4 cm³/mol. The van der Waals surface area contributed by atoms with Crippen LogP contribution in [-0.4, -0.2) is 29.6 Å². The van der Waals surface area contributed by atoms with E-state index in [2.05, 4.69) is 0 Å². The van der Waals surface area contributed by atoms with Crippen molar-refractivity contribution in [3.05, 3.63) is 23.2 Å². The van der Waals surface area contributed by atoms with Crippen LogP contribution in [0.2, 0.25) is 0 Å². The van der Waals surface area contributed by atoms with Crippen molar-refractivity contribution < 1.29 is 23.8 Å². The van der Waals surface area contributed by atoms with Gasteiger partial charge in [0.1, 0.15) is 5.60 Å². The Morgan fingerprint density at radius 2 is 1.48 bits per heavy atom. The zero-order valence-corrected chi connectivity index (χ0v) is 13.8. The van der Waals surface area contributed by atoms with Crippen LogP contribution in [0.15, 0.2) is 23.2 Å². The smallest absolute Gasteiger partial charge is 0.332 e. The highest BCUT2D eigenvalue weighted by atomic mass is 16.6. The Labute approximate surface area is 125 Å². The average Bonchev–Trinajstić information content (AvgIpc) is 2.28. The highest BCUT2D eigenvalue weighted by Gasteiger charge is 2.39. The van der Waals surface area contributed by atoms with Gasteiger partial charge in [-0.1, -0.05) is 0 Å². The molecule has 5 heteroatoms. The van der Waals surface area contributed by atoms with Crippen LogP contribution in [0, 0.1) is 0 Å². The molecular weight excluding hydrogens is 272 g/mol. The van der Waals surface area contributed by atoms with Gasteiger partial charge in [-0.05, 0) is 48.5 Å². The summed E-state index contributed by atoms with van der Waals surface area (Å²) in [7, 11) is 0. The first kappa shape index (κ1) is 17.3. The standard InChI is InChI=1S/C16H24O5/c1-9(2)19-14-11(8-12(17)21-16(5,6)7)13(18)15(14)20-10(3)4/h8-10H,1-7H3/b11-8-. The van der Waals surface area contributed by atoms with E-state index in [0.29, 0.717) is 5.76 Å². The molecule has 1 aliphatic rings. The van der Waals surface area contributed by atoms with Gasteiger partial charge in [0.25, 0.3) is 0 Å². The van der Waals surface area contributed by atoms with E-state index in [0.717, 1.165) is 0 Å². The number of carbonyl (C=O) groups is 2. The lowest BCUT2D eigenvalue weighted by Crippen LogP contribution is -2.31. The zero-order valence-electron chi connectivity index (χ0n) is 13.8. The molecular formula is C16H24O5. The van der Waals surface area contributed by atoms with Crippen LogP contribution >= 0.6 is 0 Å². The highest BCUT2D eigenvalue weighted by molar-refractivity contribution is 6.19. The Bertz CT molecular complexity index is 489. The number of hydrogen-bond acceptors (Lipinski definition) is 5. The molecule has 0 radical (unpaired) electrons. The molecule has 0 aliphatic heterocycles. The topological polar surface area (TPSA) is 61.8 Å². The Morgan fingerprint density at radius 3 is 1.90 bits per heavy atom. The molecule has 0 fully saturated rings. The summed E-state index contributed by atoms with van der Waals surface area (Å²) in [5.74, 6) is -0.396. The van der Waals surface area contributed by atoms with Crippen LogP contribution in [0.1, 0.15) is 48.5 Å². The summed E-state index contributed by atoms with van der Waals surface area (Å²) in [6.07, 6.45) is 0.900. The van der Waals surface area contributed by atoms with Crippen molar-refractivity contribution in [3.63, 3.8) is 0 Å². The summed E-state index contributed by atoms with van der Waals surface area (Å²) in [4.78, 5) is 23.8. The molecule has 0 saturated heterocycles. The third-order valence-electron chi connectivity index (χ3n) is 2.28. The Balaban J connectivity index is 2.99. The minimum absolute atomic E-state index is 0.124. The highest BCUT2D eigenvalue weighted by Crippen LogP contribution is 2.34. The Kier molecular flexibility index (Phi) is 5.20. The van der Waals surface area contributed by atoms with Gasteiger partial charge in [-0.15, -0.1) is 0 Å². The van der Waals surface area contributed by atoms with E-state index in [9.17, 15) is 9.59 Å². The van der Waals surface area contributed by atoms with E-state index < -0.39 is 11.6 Å². The summed E-state index contributed by atoms with van der Waals surface area (Å²) in [5.41, 5.74) is -0.408. The molecule has 0 unspecified atom stereocenters. The SMILES string of the molecule is CC(C)OC1=C(OC(C)C)/C(=C\C(=O)OC(C)(C)C)C1=O. The van der Waals surface area contributed by atoms with Gasteiger partial charge in [-0.2, -0.15) is 0 Å². The molecule has 1 rings (SSSR count). The minimum atomic E-state index is -0.610. The van der Waals surface area contributed by atoms with E-state index >= 15 is 0 Å². The zero-order chi connectivity index (χ0) is 16.4. The first-order valence-electron chi connectivity index (χ1n) is 7.08. The van der Waals surface area contributed by atoms with Crippen LogP contribution in [-0.2, 0) is 23.8 Å². The molecule has 118 valence electrons. The second-order valence-corrected chi connectivity index (χ2v) is 6.41. The fourth-order valence-corrected chi connectivity index (χ4v) is 1.66. The molecule has 0 aromatic rings. The fourth-order valence-electron chi connectivity index (χ4n) is 1.66. The van der Waals surface area contributed by atoms with Gasteiger partial charge < -0.3 is 14.2 Å². The van der Waals surface area contributed by atoms with Gasteiger partial charge in [0.2, 0.25) is 11.5 Å². The van der Waals surface area contributed by atoms with Crippen LogP contribution in [0.4, 0.5) is 0 Å². The van der Waals surface area contributed by atoms with Crippen molar-refractivity contribution >= 4 is 11.8 Å². The number of ketones is 1. The van der Waals surface area contributed by atoms with Crippen molar-refractivity contribution in [1.29, 1.82) is 0 Å². The van der Waals surface area contributed by atoms with Gasteiger partial charge in [-0.3, -0.25) is 4.79 Å². The number of carbonyl (C=O) groups excluding carboxylic acids is 2. The fraction of sp³-hybridized carbons (Fsp3) is 0.625. The lowest BCUT2D eigenvalue weighted by molar-refractivity contribution is -0.148. The minimum Gasteiger partial charge on any atom is -0.486 e. The predicted octanol–water partition coefficient (Wildman–Crippen LogP) is 2.90. The molecule has 0 amide bonds. The molecule has 0 bridgehead atoms. The molecule has 5 nitrogen and oxygen atoms in total. The number of hydrogen-bond donors (Lipinski definition) is 0. The third-order valence-corrected chi connectivity index (χ3v) is 2.28. The second-order valence-electron chi connectivity index (χ2n) is 6.41. The van der Waals surface area contributed by atoms with E-state index in [1.807, 2.05) is 27.7 Å². The van der Waals surface area contributed by atoms with Gasteiger partial charge in [0.15, 0.2) is 5.76 Å². The van der Waals surface area contributed by atoms with Crippen molar-refractivity contribution in [2.75, 3.05) is 0 Å². The van der Waals surface area contributed by atoms with Gasteiger partial charge in [0.05, 0.1) is 17.8 Å². The van der Waals surface area contributed by atoms with Crippen LogP contribution in [0.25, 0.3) is 0 Å². The lowest BCUT2D eigenvalue weighted by Gasteiger charge is -2.28. The van der Waals surface area contributed by atoms with Crippen LogP contribution < -0.4 is 0 Å². The van der Waals surface area contributed by atoms with E-state index in [4.69, 9.17) is 14.2 Å². The molecule has 0 aromatic heterocycles. The summed E-state index contributed by atoms with van der Waals surface area (Å²) in [6.45, 7) is 12.6. The first-order valence-corrected chi connectivity index (χ1v) is 7.08. The second kappa shape index (κ2) is 6.33. The summed E-state index contributed by atoms with van der Waals surface area (Å²) < 4.78 is 16.2. The maximum absolute atomic E-state index is 12.1. The van der Waals surface area contributed by atoms with Crippen molar-refractivity contribution in [2.24, 2.45) is 0 Å². The van der Waals surface area contributed by atoms with Gasteiger partial charge >= 0.3 is 5.97 Å². The number of ether oxygens (including phenoxy) is 3.